The zero-order valence-electron chi connectivity index (χ0n) is 23.2. The van der Waals surface area contributed by atoms with E-state index < -0.39 is 41.8 Å². The van der Waals surface area contributed by atoms with Crippen molar-refractivity contribution in [2.24, 2.45) is 5.92 Å². The van der Waals surface area contributed by atoms with Crippen molar-refractivity contribution in [1.29, 1.82) is 0 Å². The molecule has 1 aromatic carbocycles. The summed E-state index contributed by atoms with van der Waals surface area (Å²) in [5.41, 5.74) is -0.626. The molecule has 4 N–H and O–H groups in total. The average Bonchev–Trinajstić information content (AvgIpc) is 3.59. The molecule has 2 aliphatic rings. The second-order valence-electron chi connectivity index (χ2n) is 10.4. The molecule has 2 saturated heterocycles. The Hall–Kier alpha value is -2.63. The van der Waals surface area contributed by atoms with Gasteiger partial charge in [0.1, 0.15) is 23.6 Å². The number of carbonyl (C=O) groups excluding carboxylic acids is 2. The van der Waals surface area contributed by atoms with Crippen molar-refractivity contribution < 1.29 is 38.7 Å². The Kier molecular flexibility index (Phi) is 10.1. The van der Waals surface area contributed by atoms with E-state index >= 15 is 0 Å². The number of methoxy groups -OCH3 is 2. The minimum Gasteiger partial charge on any atom is -0.495 e. The van der Waals surface area contributed by atoms with Crippen LogP contribution in [0.1, 0.15) is 39.2 Å². The zero-order chi connectivity index (χ0) is 29.0. The number of hydrogen-bond donors (Lipinski definition) is 4. The highest BCUT2D eigenvalue weighted by atomic mass is 35.5. The highest BCUT2D eigenvalue weighted by molar-refractivity contribution is 6.32. The molecule has 2 heterocycles. The molecule has 0 aliphatic carbocycles. The zero-order valence-corrected chi connectivity index (χ0v) is 23.9. The van der Waals surface area contributed by atoms with Gasteiger partial charge in [-0.05, 0) is 38.0 Å². The van der Waals surface area contributed by atoms with Gasteiger partial charge in [0, 0.05) is 26.5 Å². The number of aliphatic hydroxyl groups is 2. The minimum absolute atomic E-state index is 0.0253. The number of nitrogens with one attached hydrogen (secondary N) is 2. The predicted octanol–water partition coefficient (Wildman–Crippen LogP) is 2.89. The summed E-state index contributed by atoms with van der Waals surface area (Å²) in [6.07, 6.45) is 2.05. The number of allylic oxidation sites excluding steroid dienone is 3. The summed E-state index contributed by atoms with van der Waals surface area (Å²) in [6, 6.07) is 5.60. The third-order valence-corrected chi connectivity index (χ3v) is 7.76. The first-order valence-corrected chi connectivity index (χ1v) is 13.2. The van der Waals surface area contributed by atoms with Crippen molar-refractivity contribution in [2.75, 3.05) is 21.3 Å². The van der Waals surface area contributed by atoms with E-state index in [9.17, 15) is 19.8 Å². The topological polar surface area (TPSA) is 139 Å². The molecule has 0 radical (unpaired) electrons. The fourth-order valence-corrected chi connectivity index (χ4v) is 5.18. The fourth-order valence-electron chi connectivity index (χ4n) is 4.98. The number of cyclic esters (lactones) is 1. The summed E-state index contributed by atoms with van der Waals surface area (Å²) in [5.74, 6) is -0.0665. The van der Waals surface area contributed by atoms with Crippen LogP contribution in [-0.4, -0.2) is 79.2 Å². The predicted molar refractivity (Wildman–Crippen MR) is 146 cm³/mol. The monoisotopic (exact) mass is 566 g/mol. The van der Waals surface area contributed by atoms with E-state index in [0.717, 1.165) is 11.1 Å². The van der Waals surface area contributed by atoms with Crippen molar-refractivity contribution in [3.05, 3.63) is 52.6 Å². The maximum absolute atomic E-state index is 12.5. The van der Waals surface area contributed by atoms with Crippen molar-refractivity contribution >= 4 is 23.6 Å². The van der Waals surface area contributed by atoms with Crippen LogP contribution in [0.5, 0.6) is 5.75 Å². The molecule has 2 fully saturated rings. The molecule has 11 heteroatoms. The average molecular weight is 567 g/mol. The molecular weight excluding hydrogens is 528 g/mol. The number of rotatable bonds is 12. The number of epoxide rings is 1. The maximum atomic E-state index is 12.5. The molecule has 0 spiro atoms. The third-order valence-electron chi connectivity index (χ3n) is 7.45. The maximum Gasteiger partial charge on any atom is 0.409 e. The molecule has 0 bridgehead atoms. The van der Waals surface area contributed by atoms with Crippen LogP contribution in [-0.2, 0) is 25.4 Å². The van der Waals surface area contributed by atoms with E-state index in [0.29, 0.717) is 17.2 Å². The molecule has 0 saturated carbocycles. The summed E-state index contributed by atoms with van der Waals surface area (Å²) in [5, 5.41) is 27.5. The SMILES string of the molecule is CNC(=O)CC(O)C1(C)OC1C(C)C1CC(O)(C(/C=C/C=C(\C)Cc2ccc(Cl)c(OC)c2)OC)NC(=O)O1. The van der Waals surface area contributed by atoms with Crippen LogP contribution in [0.2, 0.25) is 5.02 Å². The smallest absolute Gasteiger partial charge is 0.409 e. The first kappa shape index (κ1) is 30.9. The fraction of sp³-hybridized carbons (Fsp3) is 0.571. The summed E-state index contributed by atoms with van der Waals surface area (Å²) in [7, 11) is 4.51. The van der Waals surface area contributed by atoms with Gasteiger partial charge in [-0.1, -0.05) is 48.4 Å². The Bertz CT molecular complexity index is 1110. The van der Waals surface area contributed by atoms with Gasteiger partial charge in [-0.25, -0.2) is 4.79 Å². The first-order valence-electron chi connectivity index (χ1n) is 12.8. The number of alkyl carbamates (subject to hydrolysis) is 1. The van der Waals surface area contributed by atoms with Gasteiger partial charge >= 0.3 is 6.09 Å². The molecule has 0 aromatic heterocycles. The lowest BCUT2D eigenvalue weighted by molar-refractivity contribution is -0.142. The summed E-state index contributed by atoms with van der Waals surface area (Å²) < 4.78 is 22.1. The number of hydrogen-bond acceptors (Lipinski definition) is 8. The first-order chi connectivity index (χ1) is 18.4. The lowest BCUT2D eigenvalue weighted by Gasteiger charge is -2.42. The second-order valence-corrected chi connectivity index (χ2v) is 10.8. The van der Waals surface area contributed by atoms with Gasteiger partial charge in [-0.15, -0.1) is 0 Å². The van der Waals surface area contributed by atoms with E-state index in [1.165, 1.54) is 14.2 Å². The van der Waals surface area contributed by atoms with E-state index in [-0.39, 0.29) is 24.7 Å². The van der Waals surface area contributed by atoms with Crippen molar-refractivity contribution in [1.82, 2.24) is 10.6 Å². The Morgan fingerprint density at radius 2 is 2.10 bits per heavy atom. The van der Waals surface area contributed by atoms with Crippen LogP contribution < -0.4 is 15.4 Å². The van der Waals surface area contributed by atoms with Crippen molar-refractivity contribution in [3.63, 3.8) is 0 Å². The van der Waals surface area contributed by atoms with Gasteiger partial charge in [0.2, 0.25) is 5.91 Å². The Morgan fingerprint density at radius 1 is 1.38 bits per heavy atom. The highest BCUT2D eigenvalue weighted by Crippen LogP contribution is 2.47. The van der Waals surface area contributed by atoms with Gasteiger partial charge in [0.25, 0.3) is 0 Å². The molecule has 2 aliphatic heterocycles. The standard InChI is InChI=1S/C28H39ClN2O8/c1-16(12-18-10-11-19(29)20(13-18)36-5)8-7-9-23(37-6)28(35)15-21(38-26(34)31-28)17(2)25-27(3,39-25)22(32)14-24(33)30-4/h7-11,13,17,21-23,25,32,35H,12,14-15H2,1-6H3,(H,30,33)(H,31,34)/b9-7+,16-8+. The van der Waals surface area contributed by atoms with Crippen LogP contribution in [0, 0.1) is 5.92 Å². The molecular formula is C28H39ClN2O8. The number of carbonyl (C=O) groups is 2. The molecule has 7 unspecified atom stereocenters. The molecule has 1 aromatic rings. The molecule has 3 rings (SSSR count). The highest BCUT2D eigenvalue weighted by Gasteiger charge is 2.62. The van der Waals surface area contributed by atoms with Gasteiger partial charge in [-0.2, -0.15) is 0 Å². The van der Waals surface area contributed by atoms with Crippen LogP contribution in [0.25, 0.3) is 0 Å². The van der Waals surface area contributed by atoms with Gasteiger partial charge < -0.3 is 34.5 Å². The van der Waals surface area contributed by atoms with Crippen LogP contribution in [0.4, 0.5) is 4.79 Å². The largest absolute Gasteiger partial charge is 0.495 e. The normalized spacial score (nSPS) is 29.3. The van der Waals surface area contributed by atoms with E-state index in [2.05, 4.69) is 10.6 Å². The molecule has 2 amide bonds. The molecule has 7 atom stereocenters. The Labute approximate surface area is 234 Å². The Morgan fingerprint density at radius 3 is 2.74 bits per heavy atom. The lowest BCUT2D eigenvalue weighted by Crippen LogP contribution is -2.63. The van der Waals surface area contributed by atoms with E-state index in [1.54, 1.807) is 32.3 Å². The quantitative estimate of drug-likeness (QED) is 0.224. The number of benzene rings is 1. The number of amides is 2. The third kappa shape index (κ3) is 7.32. The van der Waals surface area contributed by atoms with E-state index in [4.69, 9.17) is 30.5 Å². The molecule has 10 nitrogen and oxygen atoms in total. The van der Waals surface area contributed by atoms with Crippen LogP contribution in [0.15, 0.2) is 42.0 Å². The summed E-state index contributed by atoms with van der Waals surface area (Å²) in [4.78, 5) is 24.1. The minimum atomic E-state index is -1.74. The molecule has 39 heavy (non-hydrogen) atoms. The van der Waals surface area contributed by atoms with Gasteiger partial charge in [0.15, 0.2) is 5.72 Å². The summed E-state index contributed by atoms with van der Waals surface area (Å²) in [6.45, 7) is 5.51. The van der Waals surface area contributed by atoms with Crippen molar-refractivity contribution in [2.45, 2.75) is 75.8 Å². The van der Waals surface area contributed by atoms with Crippen LogP contribution in [0.3, 0.4) is 0 Å². The van der Waals surface area contributed by atoms with E-state index in [1.807, 2.05) is 32.1 Å². The number of ether oxygens (including phenoxy) is 4. The molecule has 216 valence electrons. The van der Waals surface area contributed by atoms with Crippen LogP contribution >= 0.6 is 11.6 Å². The van der Waals surface area contributed by atoms with Gasteiger partial charge in [-0.3, -0.25) is 10.1 Å². The second kappa shape index (κ2) is 12.7. The van der Waals surface area contributed by atoms with Crippen molar-refractivity contribution in [3.8, 4) is 5.75 Å². The van der Waals surface area contributed by atoms with Gasteiger partial charge in [0.05, 0.1) is 30.8 Å². The summed E-state index contributed by atoms with van der Waals surface area (Å²) >= 11 is 6.11. The number of halogens is 1. The number of aliphatic hydroxyl groups excluding tert-OH is 1. The lowest BCUT2D eigenvalue weighted by atomic mass is 9.84. The Balaban J connectivity index is 1.66.